The Hall–Kier alpha value is -4.39. The lowest BCUT2D eigenvalue weighted by atomic mass is 9.94. The van der Waals surface area contributed by atoms with E-state index in [2.05, 4.69) is 5.16 Å². The molecule has 1 aliphatic heterocycles. The van der Waals surface area contributed by atoms with Gasteiger partial charge in [0.25, 0.3) is 5.78 Å². The molecular formula is C28H24N2O5. The minimum Gasteiger partial charge on any atom is -0.507 e. The van der Waals surface area contributed by atoms with Gasteiger partial charge in [0, 0.05) is 11.6 Å². The molecule has 7 heteroatoms. The van der Waals surface area contributed by atoms with Crippen LogP contribution in [0.3, 0.4) is 0 Å². The second-order valence-electron chi connectivity index (χ2n) is 8.44. The highest BCUT2D eigenvalue weighted by Crippen LogP contribution is 2.42. The number of aryl methyl sites for hydroxylation is 1. The number of Topliss-reactive ketones (excluding diaryl/α,β-unsaturated/α-hetero) is 1. The summed E-state index contributed by atoms with van der Waals surface area (Å²) in [6.07, 6.45) is 0.874. The number of amides is 1. The first-order chi connectivity index (χ1) is 17.0. The van der Waals surface area contributed by atoms with Gasteiger partial charge >= 0.3 is 5.91 Å². The van der Waals surface area contributed by atoms with E-state index >= 15 is 0 Å². The molecule has 1 amide bonds. The lowest BCUT2D eigenvalue weighted by Crippen LogP contribution is -2.29. The SMILES string of the molecule is CCCOc1ccc([C@@H]2C(=C(O)c3ccc4ccccc4c3)C(=O)C(=O)N2c2cc(C)on2)cc1. The third-order valence-electron chi connectivity index (χ3n) is 6.00. The molecule has 1 aromatic heterocycles. The van der Waals surface area contributed by atoms with Gasteiger partial charge in [0.05, 0.1) is 18.2 Å². The summed E-state index contributed by atoms with van der Waals surface area (Å²) in [6, 6.07) is 21.0. The highest BCUT2D eigenvalue weighted by Gasteiger charge is 2.48. The normalized spacial score (nSPS) is 17.3. The van der Waals surface area contributed by atoms with Gasteiger partial charge in [-0.1, -0.05) is 60.6 Å². The van der Waals surface area contributed by atoms with Crippen LogP contribution in [0.25, 0.3) is 16.5 Å². The Morgan fingerprint density at radius 3 is 2.46 bits per heavy atom. The predicted molar refractivity (Wildman–Crippen MR) is 132 cm³/mol. The topological polar surface area (TPSA) is 92.9 Å². The van der Waals surface area contributed by atoms with Gasteiger partial charge in [0.1, 0.15) is 17.3 Å². The molecule has 1 atom stereocenters. The number of hydrogen-bond acceptors (Lipinski definition) is 6. The zero-order valence-corrected chi connectivity index (χ0v) is 19.4. The van der Waals surface area contributed by atoms with Crippen LogP contribution in [0.2, 0.25) is 0 Å². The molecule has 4 aromatic rings. The predicted octanol–water partition coefficient (Wildman–Crippen LogP) is 5.55. The van der Waals surface area contributed by atoms with Crippen molar-refractivity contribution in [3.8, 4) is 5.75 Å². The maximum absolute atomic E-state index is 13.3. The molecule has 35 heavy (non-hydrogen) atoms. The third-order valence-corrected chi connectivity index (χ3v) is 6.00. The molecule has 0 unspecified atom stereocenters. The van der Waals surface area contributed by atoms with E-state index in [4.69, 9.17) is 9.26 Å². The number of aromatic nitrogens is 1. The Morgan fingerprint density at radius 2 is 1.77 bits per heavy atom. The molecule has 2 heterocycles. The number of carbonyl (C=O) groups excluding carboxylic acids is 2. The van der Waals surface area contributed by atoms with Gasteiger partial charge in [-0.2, -0.15) is 0 Å². The minimum absolute atomic E-state index is 0.00633. The van der Waals surface area contributed by atoms with E-state index in [-0.39, 0.29) is 17.2 Å². The van der Waals surface area contributed by atoms with Crippen molar-refractivity contribution in [2.75, 3.05) is 11.5 Å². The van der Waals surface area contributed by atoms with Crippen LogP contribution < -0.4 is 9.64 Å². The first kappa shape index (κ1) is 22.4. The summed E-state index contributed by atoms with van der Waals surface area (Å²) in [5.41, 5.74) is 1.08. The molecule has 0 bridgehead atoms. The number of aliphatic hydroxyl groups is 1. The van der Waals surface area contributed by atoms with Crippen LogP contribution in [-0.2, 0) is 9.59 Å². The van der Waals surface area contributed by atoms with Crippen LogP contribution in [0.4, 0.5) is 5.82 Å². The molecule has 1 N–H and O–H groups in total. The van der Waals surface area contributed by atoms with E-state index in [1.807, 2.05) is 37.3 Å². The second kappa shape index (κ2) is 9.10. The number of ether oxygens (including phenoxy) is 1. The molecule has 1 aliphatic rings. The van der Waals surface area contributed by atoms with Crippen molar-refractivity contribution in [2.24, 2.45) is 0 Å². The fraction of sp³-hybridized carbons (Fsp3) is 0.179. The summed E-state index contributed by atoms with van der Waals surface area (Å²) >= 11 is 0. The Balaban J connectivity index is 1.66. The van der Waals surface area contributed by atoms with Gasteiger partial charge in [-0.15, -0.1) is 0 Å². The average Bonchev–Trinajstić information content (AvgIpc) is 3.42. The first-order valence-electron chi connectivity index (χ1n) is 11.4. The number of aliphatic hydroxyl groups excluding tert-OH is 1. The largest absolute Gasteiger partial charge is 0.507 e. The number of ketones is 1. The smallest absolute Gasteiger partial charge is 0.301 e. The number of fused-ring (bicyclic) bond motifs is 1. The molecule has 0 spiro atoms. The fourth-order valence-corrected chi connectivity index (χ4v) is 4.31. The molecule has 1 fully saturated rings. The molecule has 5 rings (SSSR count). The minimum atomic E-state index is -0.883. The van der Waals surface area contributed by atoms with Crippen molar-refractivity contribution >= 4 is 34.0 Å². The molecule has 0 aliphatic carbocycles. The number of nitrogens with zero attached hydrogens (tertiary/aromatic N) is 2. The van der Waals surface area contributed by atoms with Crippen molar-refractivity contribution in [3.05, 3.63) is 95.3 Å². The molecule has 176 valence electrons. The van der Waals surface area contributed by atoms with Crippen molar-refractivity contribution in [3.63, 3.8) is 0 Å². The Labute approximate surface area is 202 Å². The Morgan fingerprint density at radius 1 is 1.03 bits per heavy atom. The summed E-state index contributed by atoms with van der Waals surface area (Å²) in [5.74, 6) is -0.422. The first-order valence-corrected chi connectivity index (χ1v) is 11.4. The van der Waals surface area contributed by atoms with Crippen LogP contribution in [0.1, 0.15) is 36.3 Å². The van der Waals surface area contributed by atoms with Crippen LogP contribution in [0.5, 0.6) is 5.75 Å². The zero-order chi connectivity index (χ0) is 24.5. The number of rotatable bonds is 6. The molecule has 7 nitrogen and oxygen atoms in total. The average molecular weight is 469 g/mol. The highest BCUT2D eigenvalue weighted by atomic mass is 16.5. The summed E-state index contributed by atoms with van der Waals surface area (Å²) in [5, 5.41) is 17.2. The quantitative estimate of drug-likeness (QED) is 0.227. The summed E-state index contributed by atoms with van der Waals surface area (Å²) in [7, 11) is 0. The maximum atomic E-state index is 13.3. The van der Waals surface area contributed by atoms with E-state index in [0.717, 1.165) is 17.2 Å². The van der Waals surface area contributed by atoms with Crippen molar-refractivity contribution in [1.29, 1.82) is 0 Å². The molecular weight excluding hydrogens is 444 g/mol. The van der Waals surface area contributed by atoms with Gasteiger partial charge < -0.3 is 14.4 Å². The highest BCUT2D eigenvalue weighted by molar-refractivity contribution is 6.51. The lowest BCUT2D eigenvalue weighted by Gasteiger charge is -2.23. The fourth-order valence-electron chi connectivity index (χ4n) is 4.31. The zero-order valence-electron chi connectivity index (χ0n) is 19.4. The molecule has 0 saturated carbocycles. The molecule has 3 aromatic carbocycles. The van der Waals surface area contributed by atoms with Crippen molar-refractivity contribution in [2.45, 2.75) is 26.3 Å². The lowest BCUT2D eigenvalue weighted by molar-refractivity contribution is -0.132. The molecule has 0 radical (unpaired) electrons. The maximum Gasteiger partial charge on any atom is 0.301 e. The van der Waals surface area contributed by atoms with Gasteiger partial charge in [0.15, 0.2) is 5.82 Å². The number of anilines is 1. The summed E-state index contributed by atoms with van der Waals surface area (Å²) in [6.45, 7) is 4.31. The Bertz CT molecular complexity index is 1450. The monoisotopic (exact) mass is 468 g/mol. The third kappa shape index (κ3) is 4.05. The van der Waals surface area contributed by atoms with E-state index in [9.17, 15) is 14.7 Å². The van der Waals surface area contributed by atoms with Crippen LogP contribution in [0.15, 0.2) is 82.9 Å². The Kier molecular flexibility index (Phi) is 5.82. The van der Waals surface area contributed by atoms with E-state index in [0.29, 0.717) is 29.2 Å². The van der Waals surface area contributed by atoms with E-state index in [1.54, 1.807) is 49.4 Å². The van der Waals surface area contributed by atoms with Gasteiger partial charge in [0.2, 0.25) is 0 Å². The van der Waals surface area contributed by atoms with Gasteiger partial charge in [-0.25, -0.2) is 0 Å². The van der Waals surface area contributed by atoms with Gasteiger partial charge in [-0.3, -0.25) is 14.5 Å². The van der Waals surface area contributed by atoms with Gasteiger partial charge in [-0.05, 0) is 47.9 Å². The number of benzene rings is 3. The van der Waals surface area contributed by atoms with E-state index in [1.165, 1.54) is 4.90 Å². The standard InChI is InChI=1S/C28H24N2O5/c1-3-14-34-22-12-10-19(11-13-22)25-24(27(32)28(33)30(25)23-15-17(2)35-29-23)26(31)21-9-8-18-6-4-5-7-20(18)16-21/h4-13,15-16,25,31H,3,14H2,1-2H3/t25-/m1/s1. The number of hydrogen-bond donors (Lipinski definition) is 1. The molecule has 1 saturated heterocycles. The van der Waals surface area contributed by atoms with E-state index < -0.39 is 17.7 Å². The van der Waals surface area contributed by atoms with Crippen molar-refractivity contribution in [1.82, 2.24) is 5.16 Å². The van der Waals surface area contributed by atoms with Crippen LogP contribution in [-0.4, -0.2) is 28.6 Å². The summed E-state index contributed by atoms with van der Waals surface area (Å²) < 4.78 is 10.9. The second-order valence-corrected chi connectivity index (χ2v) is 8.44. The van der Waals surface area contributed by atoms with Crippen molar-refractivity contribution < 1.29 is 24.0 Å². The van der Waals surface area contributed by atoms with Crippen LogP contribution >= 0.6 is 0 Å². The number of carbonyl (C=O) groups is 2. The van der Waals surface area contributed by atoms with Crippen LogP contribution in [0, 0.1) is 6.92 Å². The summed E-state index contributed by atoms with van der Waals surface area (Å²) in [4.78, 5) is 27.7.